The van der Waals surface area contributed by atoms with Crippen LogP contribution in [0.3, 0.4) is 0 Å². The molecule has 0 spiro atoms. The minimum atomic E-state index is -0.991. The van der Waals surface area contributed by atoms with Crippen LogP contribution in [0.1, 0.15) is 18.5 Å². The summed E-state index contributed by atoms with van der Waals surface area (Å²) in [6.45, 7) is 1.80. The molecule has 16 heavy (non-hydrogen) atoms. The molecule has 0 radical (unpaired) electrons. The molecule has 0 saturated carbocycles. The van der Waals surface area contributed by atoms with E-state index < -0.39 is 5.97 Å². The Morgan fingerprint density at radius 3 is 2.69 bits per heavy atom. The van der Waals surface area contributed by atoms with Gasteiger partial charge in [0.25, 0.3) is 0 Å². The highest BCUT2D eigenvalue weighted by molar-refractivity contribution is 9.10. The lowest BCUT2D eigenvalue weighted by atomic mass is 10.3. The molecule has 5 nitrogen and oxygen atoms in total. The zero-order valence-electron chi connectivity index (χ0n) is 8.66. The Morgan fingerprint density at radius 2 is 2.12 bits per heavy atom. The molecule has 0 aromatic carbocycles. The van der Waals surface area contributed by atoms with Gasteiger partial charge < -0.3 is 10.4 Å². The fourth-order valence-electron chi connectivity index (χ4n) is 1.04. The molecule has 86 valence electrons. The first-order valence-corrected chi connectivity index (χ1v) is 5.43. The van der Waals surface area contributed by atoms with Gasteiger partial charge in [-0.1, -0.05) is 0 Å². The monoisotopic (exact) mass is 286 g/mol. The Balaban J connectivity index is 2.56. The standard InChI is InChI=1S/C10H11BrN2O3/c1-6-7(11)2-3-8(12-6)13-9(14)4-5-10(15)16/h2-3H,4-5H2,1H3,(H,15,16)(H,12,13,14). The van der Waals surface area contributed by atoms with Crippen molar-refractivity contribution in [3.8, 4) is 0 Å². The van der Waals surface area contributed by atoms with Crippen molar-refractivity contribution in [2.75, 3.05) is 5.32 Å². The molecule has 1 amide bonds. The highest BCUT2D eigenvalue weighted by atomic mass is 79.9. The van der Waals surface area contributed by atoms with Crippen LogP contribution in [0, 0.1) is 6.92 Å². The largest absolute Gasteiger partial charge is 0.481 e. The minimum absolute atomic E-state index is 0.0495. The van der Waals surface area contributed by atoms with Gasteiger partial charge in [-0.2, -0.15) is 0 Å². The van der Waals surface area contributed by atoms with Crippen molar-refractivity contribution in [3.05, 3.63) is 22.3 Å². The predicted molar refractivity (Wildman–Crippen MR) is 62.2 cm³/mol. The van der Waals surface area contributed by atoms with E-state index in [0.717, 1.165) is 10.2 Å². The van der Waals surface area contributed by atoms with Gasteiger partial charge in [0, 0.05) is 10.9 Å². The normalized spacial score (nSPS) is 9.88. The zero-order valence-corrected chi connectivity index (χ0v) is 10.2. The van der Waals surface area contributed by atoms with E-state index in [4.69, 9.17) is 5.11 Å². The third-order valence-corrected chi connectivity index (χ3v) is 2.69. The Hall–Kier alpha value is -1.43. The highest BCUT2D eigenvalue weighted by Crippen LogP contribution is 2.16. The van der Waals surface area contributed by atoms with E-state index in [0.29, 0.717) is 5.82 Å². The average Bonchev–Trinajstić information content (AvgIpc) is 2.21. The summed E-state index contributed by atoms with van der Waals surface area (Å²) in [5.41, 5.74) is 0.760. The van der Waals surface area contributed by atoms with Crippen LogP contribution in [-0.4, -0.2) is 22.0 Å². The molecule has 1 aromatic heterocycles. The maximum absolute atomic E-state index is 11.3. The number of halogens is 1. The number of nitrogens with one attached hydrogen (secondary N) is 1. The summed E-state index contributed by atoms with van der Waals surface area (Å²) in [4.78, 5) is 25.7. The van der Waals surface area contributed by atoms with Crippen molar-refractivity contribution in [2.45, 2.75) is 19.8 Å². The van der Waals surface area contributed by atoms with E-state index in [2.05, 4.69) is 26.2 Å². The molecule has 1 heterocycles. The number of carbonyl (C=O) groups is 2. The first-order valence-electron chi connectivity index (χ1n) is 4.64. The average molecular weight is 287 g/mol. The molecular weight excluding hydrogens is 276 g/mol. The maximum Gasteiger partial charge on any atom is 0.303 e. The molecule has 0 aliphatic rings. The Kier molecular flexibility index (Phi) is 4.42. The van der Waals surface area contributed by atoms with E-state index in [-0.39, 0.29) is 18.7 Å². The number of amides is 1. The van der Waals surface area contributed by atoms with E-state index in [1.165, 1.54) is 0 Å². The Morgan fingerprint density at radius 1 is 1.44 bits per heavy atom. The second kappa shape index (κ2) is 5.60. The number of carboxylic acids is 1. The zero-order chi connectivity index (χ0) is 12.1. The summed E-state index contributed by atoms with van der Waals surface area (Å²) < 4.78 is 0.857. The molecule has 0 unspecified atom stereocenters. The number of nitrogens with zero attached hydrogens (tertiary/aromatic N) is 1. The van der Waals surface area contributed by atoms with Gasteiger partial charge in [-0.05, 0) is 35.0 Å². The van der Waals surface area contributed by atoms with Crippen LogP contribution in [0.25, 0.3) is 0 Å². The second-order valence-electron chi connectivity index (χ2n) is 3.21. The molecule has 6 heteroatoms. The summed E-state index contributed by atoms with van der Waals surface area (Å²) in [6, 6.07) is 3.42. The summed E-state index contributed by atoms with van der Waals surface area (Å²) in [5, 5.41) is 10.9. The molecule has 1 rings (SSSR count). The maximum atomic E-state index is 11.3. The lowest BCUT2D eigenvalue weighted by Gasteiger charge is -2.05. The van der Waals surface area contributed by atoms with Gasteiger partial charge in [0.2, 0.25) is 5.91 Å². The topological polar surface area (TPSA) is 79.3 Å². The van der Waals surface area contributed by atoms with Crippen molar-refractivity contribution in [1.82, 2.24) is 4.98 Å². The highest BCUT2D eigenvalue weighted by Gasteiger charge is 2.07. The Bertz CT molecular complexity index is 421. The van der Waals surface area contributed by atoms with Crippen LogP contribution < -0.4 is 5.32 Å². The smallest absolute Gasteiger partial charge is 0.303 e. The van der Waals surface area contributed by atoms with Crippen LogP contribution >= 0.6 is 15.9 Å². The van der Waals surface area contributed by atoms with Gasteiger partial charge in [0.1, 0.15) is 5.82 Å². The van der Waals surface area contributed by atoms with Crippen molar-refractivity contribution in [1.29, 1.82) is 0 Å². The van der Waals surface area contributed by atoms with Crippen LogP contribution in [0.2, 0.25) is 0 Å². The lowest BCUT2D eigenvalue weighted by molar-refractivity contribution is -0.138. The van der Waals surface area contributed by atoms with E-state index in [1.807, 2.05) is 0 Å². The first kappa shape index (κ1) is 12.6. The van der Waals surface area contributed by atoms with Crippen molar-refractivity contribution >= 4 is 33.6 Å². The number of aryl methyl sites for hydroxylation is 1. The fraction of sp³-hybridized carbons (Fsp3) is 0.300. The molecule has 0 aliphatic carbocycles. The third kappa shape index (κ3) is 3.98. The molecule has 0 atom stereocenters. The molecule has 2 N–H and O–H groups in total. The fourth-order valence-corrected chi connectivity index (χ4v) is 1.26. The quantitative estimate of drug-likeness (QED) is 0.887. The predicted octanol–water partition coefficient (Wildman–Crippen LogP) is 1.96. The van der Waals surface area contributed by atoms with E-state index in [1.54, 1.807) is 19.1 Å². The van der Waals surface area contributed by atoms with Gasteiger partial charge in [0.05, 0.1) is 12.1 Å². The van der Waals surface area contributed by atoms with Gasteiger partial charge >= 0.3 is 5.97 Å². The molecular formula is C10H11BrN2O3. The first-order chi connectivity index (χ1) is 7.49. The molecule has 1 aromatic rings. The van der Waals surface area contributed by atoms with Crippen molar-refractivity contribution in [3.63, 3.8) is 0 Å². The van der Waals surface area contributed by atoms with Crippen LogP contribution in [0.4, 0.5) is 5.82 Å². The number of hydrogen-bond acceptors (Lipinski definition) is 3. The van der Waals surface area contributed by atoms with Gasteiger partial charge in [-0.15, -0.1) is 0 Å². The van der Waals surface area contributed by atoms with E-state index >= 15 is 0 Å². The van der Waals surface area contributed by atoms with Crippen molar-refractivity contribution in [2.24, 2.45) is 0 Å². The lowest BCUT2D eigenvalue weighted by Crippen LogP contribution is -2.14. The molecule has 0 fully saturated rings. The number of aromatic nitrogens is 1. The summed E-state index contributed by atoms with van der Waals surface area (Å²) in [6.07, 6.45) is -0.229. The second-order valence-corrected chi connectivity index (χ2v) is 4.06. The molecule has 0 saturated heterocycles. The summed E-state index contributed by atoms with van der Waals surface area (Å²) in [7, 11) is 0. The number of pyridine rings is 1. The van der Waals surface area contributed by atoms with Crippen LogP contribution in [-0.2, 0) is 9.59 Å². The summed E-state index contributed by atoms with van der Waals surface area (Å²) >= 11 is 3.29. The Labute approximate surface area is 101 Å². The SMILES string of the molecule is Cc1nc(NC(=O)CCC(=O)O)ccc1Br. The van der Waals surface area contributed by atoms with Crippen LogP contribution in [0.15, 0.2) is 16.6 Å². The third-order valence-electron chi connectivity index (χ3n) is 1.85. The van der Waals surface area contributed by atoms with Gasteiger partial charge in [-0.25, -0.2) is 4.98 Å². The van der Waals surface area contributed by atoms with E-state index in [9.17, 15) is 9.59 Å². The number of hydrogen-bond donors (Lipinski definition) is 2. The number of carbonyl (C=O) groups excluding carboxylic acids is 1. The number of rotatable bonds is 4. The van der Waals surface area contributed by atoms with Gasteiger partial charge in [0.15, 0.2) is 0 Å². The number of aliphatic carboxylic acids is 1. The minimum Gasteiger partial charge on any atom is -0.481 e. The van der Waals surface area contributed by atoms with Crippen molar-refractivity contribution < 1.29 is 14.7 Å². The van der Waals surface area contributed by atoms with Crippen LogP contribution in [0.5, 0.6) is 0 Å². The summed E-state index contributed by atoms with van der Waals surface area (Å²) in [5.74, 6) is -0.914. The molecule has 0 aliphatic heterocycles. The molecule has 0 bridgehead atoms. The number of carboxylic acid groups (broad SMARTS) is 1. The van der Waals surface area contributed by atoms with Gasteiger partial charge in [-0.3, -0.25) is 9.59 Å². The number of anilines is 1.